The van der Waals surface area contributed by atoms with Crippen LogP contribution in [0.3, 0.4) is 0 Å². The molecule has 0 fully saturated rings. The summed E-state index contributed by atoms with van der Waals surface area (Å²) in [5.74, 6) is -0.102. The highest BCUT2D eigenvalue weighted by Gasteiger charge is 2.28. The van der Waals surface area contributed by atoms with Gasteiger partial charge in [-0.25, -0.2) is 4.98 Å². The fraction of sp³-hybridized carbons (Fsp3) is 0.733. The molecule has 1 aromatic heterocycles. The van der Waals surface area contributed by atoms with Gasteiger partial charge >= 0.3 is 0 Å². The quantitative estimate of drug-likeness (QED) is 0.773. The van der Waals surface area contributed by atoms with Gasteiger partial charge in [0.15, 0.2) is 0 Å². The highest BCUT2D eigenvalue weighted by atomic mass is 32.1. The number of nitrogens with zero attached hydrogens (tertiary/aromatic N) is 1. The van der Waals surface area contributed by atoms with E-state index < -0.39 is 5.60 Å². The summed E-state index contributed by atoms with van der Waals surface area (Å²) in [7, 11) is 0. The number of rotatable bonds is 8. The molecule has 1 unspecified atom stereocenters. The summed E-state index contributed by atoms with van der Waals surface area (Å²) in [6, 6.07) is -0.103. The van der Waals surface area contributed by atoms with Gasteiger partial charge in [0.25, 0.3) is 0 Å². The number of aryl methyl sites for hydroxylation is 1. The SMILES string of the molecule is CCCC(O)(CCC)CC(=O)NC(C)c1ncc(C)s1. The molecule has 0 saturated carbocycles. The Morgan fingerprint density at radius 2 is 2.05 bits per heavy atom. The molecule has 1 rings (SSSR count). The number of hydrogen-bond acceptors (Lipinski definition) is 4. The van der Waals surface area contributed by atoms with Crippen LogP contribution in [0.4, 0.5) is 0 Å². The van der Waals surface area contributed by atoms with Crippen molar-refractivity contribution in [3.63, 3.8) is 0 Å². The highest BCUT2D eigenvalue weighted by Crippen LogP contribution is 2.24. The molecular formula is C15H26N2O2S. The van der Waals surface area contributed by atoms with Crippen molar-refractivity contribution in [1.29, 1.82) is 0 Å². The standard InChI is InChI=1S/C15H26N2O2S/c1-5-7-15(19,8-6-2)9-13(18)17-12(4)14-16-10-11(3)20-14/h10,12,19H,5-9H2,1-4H3,(H,17,18). The Bertz CT molecular complexity index is 425. The van der Waals surface area contributed by atoms with Crippen LogP contribution in [0.1, 0.15) is 68.8 Å². The van der Waals surface area contributed by atoms with E-state index in [0.717, 1.165) is 22.7 Å². The lowest BCUT2D eigenvalue weighted by Gasteiger charge is -2.27. The molecule has 20 heavy (non-hydrogen) atoms. The van der Waals surface area contributed by atoms with Crippen molar-refractivity contribution in [3.05, 3.63) is 16.1 Å². The second-order valence-corrected chi connectivity index (χ2v) is 6.77. The fourth-order valence-electron chi connectivity index (χ4n) is 2.46. The molecule has 1 aromatic rings. The van der Waals surface area contributed by atoms with E-state index in [-0.39, 0.29) is 18.4 Å². The third-order valence-corrected chi connectivity index (χ3v) is 4.40. The van der Waals surface area contributed by atoms with E-state index in [4.69, 9.17) is 0 Å². The Labute approximate surface area is 125 Å². The van der Waals surface area contributed by atoms with Gasteiger partial charge in [-0.15, -0.1) is 11.3 Å². The van der Waals surface area contributed by atoms with Crippen LogP contribution in [0.15, 0.2) is 6.20 Å². The van der Waals surface area contributed by atoms with E-state index in [0.29, 0.717) is 12.8 Å². The second kappa shape index (κ2) is 7.74. The average molecular weight is 298 g/mol. The first-order valence-electron chi connectivity index (χ1n) is 7.34. The van der Waals surface area contributed by atoms with Crippen molar-refractivity contribution >= 4 is 17.2 Å². The molecule has 0 spiro atoms. The van der Waals surface area contributed by atoms with Crippen molar-refractivity contribution in [3.8, 4) is 0 Å². The third-order valence-electron chi connectivity index (χ3n) is 3.31. The van der Waals surface area contributed by atoms with Gasteiger partial charge in [0.2, 0.25) is 5.91 Å². The first-order chi connectivity index (χ1) is 9.40. The van der Waals surface area contributed by atoms with Gasteiger partial charge in [-0.3, -0.25) is 4.79 Å². The maximum Gasteiger partial charge on any atom is 0.223 e. The van der Waals surface area contributed by atoms with Gasteiger partial charge in [-0.05, 0) is 26.7 Å². The maximum atomic E-state index is 12.1. The third kappa shape index (κ3) is 5.21. The monoisotopic (exact) mass is 298 g/mol. The van der Waals surface area contributed by atoms with Gasteiger partial charge in [0.05, 0.1) is 18.1 Å². The number of nitrogens with one attached hydrogen (secondary N) is 1. The normalized spacial score (nSPS) is 13.2. The first-order valence-corrected chi connectivity index (χ1v) is 8.16. The van der Waals surface area contributed by atoms with Crippen molar-refractivity contribution in [1.82, 2.24) is 10.3 Å². The number of aromatic nitrogens is 1. The van der Waals surface area contributed by atoms with Crippen molar-refractivity contribution < 1.29 is 9.90 Å². The number of aliphatic hydroxyl groups is 1. The van der Waals surface area contributed by atoms with Gasteiger partial charge in [0.1, 0.15) is 5.01 Å². The van der Waals surface area contributed by atoms with Crippen LogP contribution < -0.4 is 5.32 Å². The van der Waals surface area contributed by atoms with E-state index in [1.165, 1.54) is 0 Å². The topological polar surface area (TPSA) is 62.2 Å². The summed E-state index contributed by atoms with van der Waals surface area (Å²) in [5, 5.41) is 14.3. The zero-order valence-corrected chi connectivity index (χ0v) is 13.7. The molecule has 5 heteroatoms. The number of amides is 1. The minimum Gasteiger partial charge on any atom is -0.389 e. The van der Waals surface area contributed by atoms with Crippen molar-refractivity contribution in [2.75, 3.05) is 0 Å². The maximum absolute atomic E-state index is 12.1. The lowest BCUT2D eigenvalue weighted by molar-refractivity contribution is -0.127. The zero-order chi connectivity index (χ0) is 15.2. The minimum atomic E-state index is -0.869. The molecule has 0 aromatic carbocycles. The van der Waals surface area contributed by atoms with Crippen molar-refractivity contribution in [2.45, 2.75) is 71.4 Å². The summed E-state index contributed by atoms with van der Waals surface area (Å²) < 4.78 is 0. The molecule has 1 atom stereocenters. The van der Waals surface area contributed by atoms with Crippen LogP contribution in [0.5, 0.6) is 0 Å². The van der Waals surface area contributed by atoms with Gasteiger partial charge in [0, 0.05) is 11.1 Å². The van der Waals surface area contributed by atoms with E-state index in [9.17, 15) is 9.90 Å². The molecule has 4 nitrogen and oxygen atoms in total. The van der Waals surface area contributed by atoms with Crippen LogP contribution in [0.25, 0.3) is 0 Å². The summed E-state index contributed by atoms with van der Waals surface area (Å²) in [4.78, 5) is 17.5. The van der Waals surface area contributed by atoms with E-state index in [1.807, 2.05) is 33.9 Å². The molecule has 114 valence electrons. The Morgan fingerprint density at radius 1 is 1.45 bits per heavy atom. The number of carbonyl (C=O) groups excluding carboxylic acids is 1. The number of thiazole rings is 1. The Balaban J connectivity index is 2.57. The van der Waals surface area contributed by atoms with Crippen LogP contribution in [-0.4, -0.2) is 21.6 Å². The van der Waals surface area contributed by atoms with E-state index >= 15 is 0 Å². The molecule has 0 aliphatic heterocycles. The zero-order valence-electron chi connectivity index (χ0n) is 12.9. The summed E-state index contributed by atoms with van der Waals surface area (Å²) in [5.41, 5.74) is -0.869. The smallest absolute Gasteiger partial charge is 0.223 e. The highest BCUT2D eigenvalue weighted by molar-refractivity contribution is 7.11. The summed E-state index contributed by atoms with van der Waals surface area (Å²) >= 11 is 1.59. The van der Waals surface area contributed by atoms with E-state index in [2.05, 4.69) is 10.3 Å². The predicted molar refractivity (Wildman–Crippen MR) is 82.8 cm³/mol. The van der Waals surface area contributed by atoms with E-state index in [1.54, 1.807) is 11.3 Å². The average Bonchev–Trinajstić information content (AvgIpc) is 2.75. The van der Waals surface area contributed by atoms with Crippen molar-refractivity contribution in [2.24, 2.45) is 0 Å². The van der Waals surface area contributed by atoms with Gasteiger partial charge < -0.3 is 10.4 Å². The number of hydrogen-bond donors (Lipinski definition) is 2. The first kappa shape index (κ1) is 17.1. The minimum absolute atomic E-state index is 0.102. The van der Waals surface area contributed by atoms with Crippen LogP contribution in [0.2, 0.25) is 0 Å². The lowest BCUT2D eigenvalue weighted by atomic mass is 9.89. The Morgan fingerprint density at radius 3 is 2.50 bits per heavy atom. The van der Waals surface area contributed by atoms with Crippen LogP contribution in [0, 0.1) is 6.92 Å². The molecule has 0 aliphatic carbocycles. The summed E-state index contributed by atoms with van der Waals surface area (Å²) in [6.07, 6.45) is 5.07. The largest absolute Gasteiger partial charge is 0.389 e. The lowest BCUT2D eigenvalue weighted by Crippen LogP contribution is -2.37. The Hall–Kier alpha value is -0.940. The molecule has 2 N–H and O–H groups in total. The molecule has 0 aliphatic rings. The molecule has 0 bridgehead atoms. The molecule has 1 heterocycles. The van der Waals surface area contributed by atoms with Crippen LogP contribution >= 0.6 is 11.3 Å². The van der Waals surface area contributed by atoms with Gasteiger partial charge in [-0.1, -0.05) is 26.7 Å². The molecule has 1 amide bonds. The Kier molecular flexibility index (Phi) is 6.62. The number of carbonyl (C=O) groups is 1. The predicted octanol–water partition coefficient (Wildman–Crippen LogP) is 3.35. The fourth-order valence-corrected chi connectivity index (χ4v) is 3.23. The van der Waals surface area contributed by atoms with Gasteiger partial charge in [-0.2, -0.15) is 0 Å². The molecule has 0 radical (unpaired) electrons. The molecular weight excluding hydrogens is 272 g/mol. The van der Waals surface area contributed by atoms with Crippen LogP contribution in [-0.2, 0) is 4.79 Å². The second-order valence-electron chi connectivity index (χ2n) is 5.50. The molecule has 0 saturated heterocycles. The summed E-state index contributed by atoms with van der Waals surface area (Å²) in [6.45, 7) is 7.98.